The lowest BCUT2D eigenvalue weighted by atomic mass is 10.2. The summed E-state index contributed by atoms with van der Waals surface area (Å²) in [6.07, 6.45) is 4.34. The molecule has 1 atom stereocenters. The van der Waals surface area contributed by atoms with Gasteiger partial charge in [-0.25, -0.2) is 4.68 Å². The van der Waals surface area contributed by atoms with Gasteiger partial charge in [-0.15, -0.1) is 5.10 Å². The molecule has 0 aromatic carbocycles. The first-order valence-corrected chi connectivity index (χ1v) is 4.94. The summed E-state index contributed by atoms with van der Waals surface area (Å²) < 4.78 is 6.91. The van der Waals surface area contributed by atoms with Crippen molar-refractivity contribution in [3.63, 3.8) is 0 Å². The SMILES string of the molecule is COC[C@@H](N)c1cnnn1CC1CC1. The molecule has 0 amide bonds. The lowest BCUT2D eigenvalue weighted by Gasteiger charge is -2.11. The molecular formula is C9H16N4O. The van der Waals surface area contributed by atoms with Gasteiger partial charge in [0.1, 0.15) is 0 Å². The number of nitrogens with two attached hydrogens (primary N) is 1. The zero-order chi connectivity index (χ0) is 9.97. The van der Waals surface area contributed by atoms with E-state index in [0.29, 0.717) is 6.61 Å². The third kappa shape index (κ3) is 2.10. The zero-order valence-electron chi connectivity index (χ0n) is 8.39. The molecule has 1 aliphatic carbocycles. The van der Waals surface area contributed by atoms with Crippen molar-refractivity contribution in [1.82, 2.24) is 15.0 Å². The van der Waals surface area contributed by atoms with E-state index < -0.39 is 0 Å². The number of hydrogen-bond donors (Lipinski definition) is 1. The van der Waals surface area contributed by atoms with Crippen molar-refractivity contribution < 1.29 is 4.74 Å². The smallest absolute Gasteiger partial charge is 0.0778 e. The van der Waals surface area contributed by atoms with Crippen LogP contribution >= 0.6 is 0 Å². The highest BCUT2D eigenvalue weighted by Gasteiger charge is 2.24. The van der Waals surface area contributed by atoms with Crippen LogP contribution in [0.25, 0.3) is 0 Å². The summed E-state index contributed by atoms with van der Waals surface area (Å²) in [5.41, 5.74) is 6.89. The van der Waals surface area contributed by atoms with E-state index in [9.17, 15) is 0 Å². The molecule has 14 heavy (non-hydrogen) atoms. The van der Waals surface area contributed by atoms with Crippen LogP contribution in [-0.4, -0.2) is 28.7 Å². The van der Waals surface area contributed by atoms with E-state index in [4.69, 9.17) is 10.5 Å². The fourth-order valence-electron chi connectivity index (χ4n) is 1.50. The van der Waals surface area contributed by atoms with Crippen molar-refractivity contribution in [2.24, 2.45) is 11.7 Å². The van der Waals surface area contributed by atoms with Gasteiger partial charge in [-0.2, -0.15) is 0 Å². The van der Waals surface area contributed by atoms with Crippen LogP contribution in [-0.2, 0) is 11.3 Å². The van der Waals surface area contributed by atoms with E-state index in [0.717, 1.165) is 18.2 Å². The van der Waals surface area contributed by atoms with Gasteiger partial charge in [-0.3, -0.25) is 0 Å². The summed E-state index contributed by atoms with van der Waals surface area (Å²) in [4.78, 5) is 0. The van der Waals surface area contributed by atoms with Crippen LogP contribution in [0.15, 0.2) is 6.20 Å². The minimum atomic E-state index is -0.117. The number of rotatable bonds is 5. The fraction of sp³-hybridized carbons (Fsp3) is 0.778. The molecule has 1 heterocycles. The average molecular weight is 196 g/mol. The fourth-order valence-corrected chi connectivity index (χ4v) is 1.50. The summed E-state index contributed by atoms with van der Waals surface area (Å²) in [5, 5.41) is 7.91. The van der Waals surface area contributed by atoms with Crippen LogP contribution in [0.1, 0.15) is 24.6 Å². The van der Waals surface area contributed by atoms with Crippen LogP contribution in [0.4, 0.5) is 0 Å². The summed E-state index contributed by atoms with van der Waals surface area (Å²) >= 11 is 0. The van der Waals surface area contributed by atoms with E-state index in [2.05, 4.69) is 10.3 Å². The Labute approximate surface area is 83.2 Å². The third-order valence-corrected chi connectivity index (χ3v) is 2.50. The molecule has 5 nitrogen and oxygen atoms in total. The third-order valence-electron chi connectivity index (χ3n) is 2.50. The number of hydrogen-bond acceptors (Lipinski definition) is 4. The Morgan fingerprint density at radius 1 is 1.71 bits per heavy atom. The Hall–Kier alpha value is -0.940. The molecule has 5 heteroatoms. The summed E-state index contributed by atoms with van der Waals surface area (Å²) in [5.74, 6) is 0.783. The maximum atomic E-state index is 5.92. The van der Waals surface area contributed by atoms with Gasteiger partial charge in [0.05, 0.1) is 24.5 Å². The summed E-state index contributed by atoms with van der Waals surface area (Å²) in [7, 11) is 1.65. The lowest BCUT2D eigenvalue weighted by Crippen LogP contribution is -2.21. The number of methoxy groups -OCH3 is 1. The van der Waals surface area contributed by atoms with E-state index in [1.165, 1.54) is 12.8 Å². The minimum absolute atomic E-state index is 0.117. The highest BCUT2D eigenvalue weighted by Crippen LogP contribution is 2.30. The lowest BCUT2D eigenvalue weighted by molar-refractivity contribution is 0.177. The quantitative estimate of drug-likeness (QED) is 0.737. The van der Waals surface area contributed by atoms with Gasteiger partial charge in [0.15, 0.2) is 0 Å². The van der Waals surface area contributed by atoms with E-state index in [-0.39, 0.29) is 6.04 Å². The Morgan fingerprint density at radius 3 is 3.14 bits per heavy atom. The second-order valence-corrected chi connectivity index (χ2v) is 3.85. The van der Waals surface area contributed by atoms with Gasteiger partial charge in [0.2, 0.25) is 0 Å². The molecule has 78 valence electrons. The first-order chi connectivity index (χ1) is 6.81. The Bertz CT molecular complexity index is 295. The van der Waals surface area contributed by atoms with Crippen LogP contribution in [0.3, 0.4) is 0 Å². The molecule has 0 spiro atoms. The van der Waals surface area contributed by atoms with Gasteiger partial charge in [-0.1, -0.05) is 5.21 Å². The molecule has 0 bridgehead atoms. The van der Waals surface area contributed by atoms with Gasteiger partial charge < -0.3 is 10.5 Å². The van der Waals surface area contributed by atoms with Crippen molar-refractivity contribution in [2.75, 3.05) is 13.7 Å². The standard InChI is InChI=1S/C9H16N4O/c1-14-6-8(10)9-4-11-12-13(9)5-7-2-3-7/h4,7-8H,2-3,5-6,10H2,1H3/t8-/m1/s1. The maximum Gasteiger partial charge on any atom is 0.0778 e. The van der Waals surface area contributed by atoms with Crippen molar-refractivity contribution >= 4 is 0 Å². The van der Waals surface area contributed by atoms with Crippen LogP contribution < -0.4 is 5.73 Å². The largest absolute Gasteiger partial charge is 0.383 e. The Kier molecular flexibility index (Phi) is 2.79. The van der Waals surface area contributed by atoms with Gasteiger partial charge in [-0.05, 0) is 18.8 Å². The molecule has 1 fully saturated rings. The van der Waals surface area contributed by atoms with Crippen molar-refractivity contribution in [3.8, 4) is 0 Å². The second kappa shape index (κ2) is 4.06. The molecule has 0 radical (unpaired) electrons. The molecule has 2 N–H and O–H groups in total. The topological polar surface area (TPSA) is 66.0 Å². The van der Waals surface area contributed by atoms with Crippen molar-refractivity contribution in [2.45, 2.75) is 25.4 Å². The highest BCUT2D eigenvalue weighted by molar-refractivity contribution is 5.01. The van der Waals surface area contributed by atoms with Gasteiger partial charge >= 0.3 is 0 Å². The van der Waals surface area contributed by atoms with Crippen molar-refractivity contribution in [3.05, 3.63) is 11.9 Å². The second-order valence-electron chi connectivity index (χ2n) is 3.85. The molecule has 1 aliphatic rings. The number of aromatic nitrogens is 3. The monoisotopic (exact) mass is 196 g/mol. The predicted molar refractivity (Wildman–Crippen MR) is 51.6 cm³/mol. The Morgan fingerprint density at radius 2 is 2.50 bits per heavy atom. The van der Waals surface area contributed by atoms with Gasteiger partial charge in [0.25, 0.3) is 0 Å². The molecular weight excluding hydrogens is 180 g/mol. The average Bonchev–Trinajstić information content (AvgIpc) is 2.82. The molecule has 0 unspecified atom stereocenters. The molecule has 1 aromatic heterocycles. The normalized spacial score (nSPS) is 18.4. The predicted octanol–water partition coefficient (Wildman–Crippen LogP) is 0.334. The Balaban J connectivity index is 2.03. The first kappa shape index (κ1) is 9.61. The summed E-state index contributed by atoms with van der Waals surface area (Å²) in [6, 6.07) is -0.117. The highest BCUT2D eigenvalue weighted by atomic mass is 16.5. The summed E-state index contributed by atoms with van der Waals surface area (Å²) in [6.45, 7) is 1.46. The van der Waals surface area contributed by atoms with Gasteiger partial charge in [0, 0.05) is 13.7 Å². The maximum absolute atomic E-state index is 5.92. The van der Waals surface area contributed by atoms with E-state index in [1.807, 2.05) is 4.68 Å². The number of ether oxygens (including phenoxy) is 1. The van der Waals surface area contributed by atoms with Crippen molar-refractivity contribution in [1.29, 1.82) is 0 Å². The number of nitrogens with zero attached hydrogens (tertiary/aromatic N) is 3. The molecule has 1 aromatic rings. The zero-order valence-corrected chi connectivity index (χ0v) is 8.39. The van der Waals surface area contributed by atoms with Crippen LogP contribution in [0.2, 0.25) is 0 Å². The van der Waals surface area contributed by atoms with E-state index >= 15 is 0 Å². The van der Waals surface area contributed by atoms with Crippen LogP contribution in [0, 0.1) is 5.92 Å². The minimum Gasteiger partial charge on any atom is -0.383 e. The molecule has 0 aliphatic heterocycles. The van der Waals surface area contributed by atoms with Crippen LogP contribution in [0.5, 0.6) is 0 Å². The molecule has 0 saturated heterocycles. The molecule has 2 rings (SSSR count). The van der Waals surface area contributed by atoms with E-state index in [1.54, 1.807) is 13.3 Å². The first-order valence-electron chi connectivity index (χ1n) is 4.94. The molecule has 1 saturated carbocycles.